The number of thiazole rings is 1. The number of ether oxygens (including phenoxy) is 1. The fourth-order valence-electron chi connectivity index (χ4n) is 3.30. The lowest BCUT2D eigenvalue weighted by Crippen LogP contribution is -2.32. The average Bonchev–Trinajstić information content (AvgIpc) is 3.32. The van der Waals surface area contributed by atoms with Crippen LogP contribution in [0.5, 0.6) is 5.75 Å². The van der Waals surface area contributed by atoms with E-state index in [1.807, 2.05) is 30.5 Å². The van der Waals surface area contributed by atoms with Crippen LogP contribution < -0.4 is 15.0 Å². The first-order valence-electron chi connectivity index (χ1n) is 9.32. The fraction of sp³-hybridized carbons (Fsp3) is 0.500. The second-order valence-corrected chi connectivity index (χ2v) is 7.62. The van der Waals surface area contributed by atoms with Crippen LogP contribution in [0.1, 0.15) is 49.9 Å². The molecule has 1 aromatic heterocycles. The maximum absolute atomic E-state index is 12.5. The minimum Gasteiger partial charge on any atom is -0.496 e. The largest absolute Gasteiger partial charge is 0.496 e. The van der Waals surface area contributed by atoms with Crippen molar-refractivity contribution in [1.29, 1.82) is 0 Å². The van der Waals surface area contributed by atoms with Crippen molar-refractivity contribution in [2.45, 2.75) is 45.6 Å². The molecule has 1 unspecified atom stereocenters. The average molecular weight is 374 g/mol. The topological polar surface area (TPSA) is 54.5 Å². The third kappa shape index (κ3) is 4.18. The predicted octanol–water partition coefficient (Wildman–Crippen LogP) is 4.34. The Labute approximate surface area is 159 Å². The Morgan fingerprint density at radius 3 is 2.85 bits per heavy atom. The molecule has 26 heavy (non-hydrogen) atoms. The summed E-state index contributed by atoms with van der Waals surface area (Å²) in [6, 6.07) is 5.71. The second-order valence-electron chi connectivity index (χ2n) is 6.79. The molecule has 0 radical (unpaired) electrons. The molecule has 1 fully saturated rings. The smallest absolute Gasteiger partial charge is 0.251 e. The Bertz CT molecular complexity index is 753. The minimum atomic E-state index is -0.0511. The highest BCUT2D eigenvalue weighted by Gasteiger charge is 2.19. The van der Waals surface area contributed by atoms with E-state index in [9.17, 15) is 4.79 Å². The van der Waals surface area contributed by atoms with Gasteiger partial charge in [0.15, 0.2) is 5.13 Å². The number of anilines is 1. The van der Waals surface area contributed by atoms with Crippen molar-refractivity contribution < 1.29 is 9.53 Å². The van der Waals surface area contributed by atoms with Gasteiger partial charge in [-0.25, -0.2) is 4.98 Å². The van der Waals surface area contributed by atoms with Gasteiger partial charge in [0.25, 0.3) is 5.91 Å². The summed E-state index contributed by atoms with van der Waals surface area (Å²) in [5.41, 5.74) is 2.37. The van der Waals surface area contributed by atoms with Crippen molar-refractivity contribution in [2.75, 3.05) is 25.1 Å². The molecule has 1 aliphatic heterocycles. The molecule has 0 bridgehead atoms. The van der Waals surface area contributed by atoms with Gasteiger partial charge in [0.05, 0.1) is 12.8 Å². The highest BCUT2D eigenvalue weighted by molar-refractivity contribution is 7.14. The summed E-state index contributed by atoms with van der Waals surface area (Å²) >= 11 is 1.65. The molecule has 1 N–H and O–H groups in total. The normalized spacial score (nSPS) is 15.1. The predicted molar refractivity (Wildman–Crippen MR) is 107 cm³/mol. The minimum absolute atomic E-state index is 0.0511. The Morgan fingerprint density at radius 2 is 2.15 bits per heavy atom. The first kappa shape index (κ1) is 18.7. The van der Waals surface area contributed by atoms with Gasteiger partial charge in [0, 0.05) is 35.6 Å². The van der Waals surface area contributed by atoms with E-state index in [2.05, 4.69) is 17.1 Å². The molecule has 6 heteroatoms. The molecular formula is C20H27N3O2S. The van der Waals surface area contributed by atoms with Crippen LogP contribution in [0.2, 0.25) is 0 Å². The van der Waals surface area contributed by atoms with Crippen LogP contribution in [0.4, 0.5) is 5.13 Å². The van der Waals surface area contributed by atoms with Gasteiger partial charge in [-0.15, -0.1) is 11.3 Å². The summed E-state index contributed by atoms with van der Waals surface area (Å²) in [6.45, 7) is 6.30. The molecule has 2 heterocycles. The van der Waals surface area contributed by atoms with Gasteiger partial charge in [-0.3, -0.25) is 4.79 Å². The molecule has 2 aromatic rings. The molecule has 1 atom stereocenters. The number of amides is 1. The molecule has 1 saturated heterocycles. The van der Waals surface area contributed by atoms with Crippen molar-refractivity contribution in [3.63, 3.8) is 0 Å². The quantitative estimate of drug-likeness (QED) is 0.784. The summed E-state index contributed by atoms with van der Waals surface area (Å²) in [7, 11) is 1.65. The second kappa shape index (κ2) is 8.54. The first-order chi connectivity index (χ1) is 12.6. The van der Waals surface area contributed by atoms with Crippen molar-refractivity contribution in [3.8, 4) is 17.0 Å². The van der Waals surface area contributed by atoms with Crippen LogP contribution in [-0.4, -0.2) is 37.1 Å². The van der Waals surface area contributed by atoms with E-state index in [-0.39, 0.29) is 11.9 Å². The number of nitrogens with one attached hydrogen (secondary N) is 1. The number of benzene rings is 1. The van der Waals surface area contributed by atoms with E-state index in [4.69, 9.17) is 9.72 Å². The van der Waals surface area contributed by atoms with Crippen LogP contribution in [0.15, 0.2) is 23.6 Å². The molecule has 3 rings (SSSR count). The number of rotatable bonds is 7. The van der Waals surface area contributed by atoms with Crippen LogP contribution in [0.3, 0.4) is 0 Å². The Kier molecular flexibility index (Phi) is 6.14. The summed E-state index contributed by atoms with van der Waals surface area (Å²) in [6.07, 6.45) is 4.47. The number of hydrogen-bond donors (Lipinski definition) is 1. The zero-order chi connectivity index (χ0) is 18.5. The molecule has 0 aliphatic carbocycles. The van der Waals surface area contributed by atoms with E-state index in [0.717, 1.165) is 48.1 Å². The van der Waals surface area contributed by atoms with Gasteiger partial charge in [-0.05, 0) is 44.4 Å². The van der Waals surface area contributed by atoms with E-state index in [1.165, 1.54) is 12.8 Å². The molecule has 0 saturated carbocycles. The monoisotopic (exact) mass is 373 g/mol. The van der Waals surface area contributed by atoms with E-state index >= 15 is 0 Å². The van der Waals surface area contributed by atoms with Crippen molar-refractivity contribution in [2.24, 2.45) is 0 Å². The van der Waals surface area contributed by atoms with Crippen LogP contribution in [0.25, 0.3) is 11.3 Å². The number of methoxy groups -OCH3 is 1. The summed E-state index contributed by atoms with van der Waals surface area (Å²) in [5, 5.41) is 6.15. The van der Waals surface area contributed by atoms with Crippen molar-refractivity contribution >= 4 is 22.4 Å². The van der Waals surface area contributed by atoms with Gasteiger partial charge in [-0.1, -0.05) is 13.3 Å². The maximum atomic E-state index is 12.5. The Balaban J connectivity index is 1.85. The van der Waals surface area contributed by atoms with E-state index in [0.29, 0.717) is 5.56 Å². The zero-order valence-electron chi connectivity index (χ0n) is 15.7. The highest BCUT2D eigenvalue weighted by atomic mass is 32.1. The number of hydrogen-bond acceptors (Lipinski definition) is 5. The highest BCUT2D eigenvalue weighted by Crippen LogP contribution is 2.35. The standard InChI is InChI=1S/C20H27N3O2S/c1-4-7-14(2)21-19(24)15-8-9-18(25-3)16(12-15)17-13-26-20(22-17)23-10-5-6-11-23/h8-9,12-14H,4-7,10-11H2,1-3H3,(H,21,24). The lowest BCUT2D eigenvalue weighted by atomic mass is 10.1. The fourth-order valence-corrected chi connectivity index (χ4v) is 4.18. The maximum Gasteiger partial charge on any atom is 0.251 e. The van der Waals surface area contributed by atoms with Crippen molar-refractivity contribution in [1.82, 2.24) is 10.3 Å². The lowest BCUT2D eigenvalue weighted by Gasteiger charge is -2.14. The zero-order valence-corrected chi connectivity index (χ0v) is 16.6. The lowest BCUT2D eigenvalue weighted by molar-refractivity contribution is 0.0938. The molecular weight excluding hydrogens is 346 g/mol. The summed E-state index contributed by atoms with van der Waals surface area (Å²) in [5.74, 6) is 0.686. The molecule has 0 spiro atoms. The molecule has 140 valence electrons. The Hall–Kier alpha value is -2.08. The van der Waals surface area contributed by atoms with E-state index in [1.54, 1.807) is 18.4 Å². The third-order valence-electron chi connectivity index (χ3n) is 4.71. The Morgan fingerprint density at radius 1 is 1.38 bits per heavy atom. The van der Waals surface area contributed by atoms with Crippen LogP contribution in [0, 0.1) is 0 Å². The van der Waals surface area contributed by atoms with Gasteiger partial charge in [0.2, 0.25) is 0 Å². The van der Waals surface area contributed by atoms with Crippen LogP contribution >= 0.6 is 11.3 Å². The number of nitrogens with zero attached hydrogens (tertiary/aromatic N) is 2. The van der Waals surface area contributed by atoms with Gasteiger partial charge < -0.3 is 15.0 Å². The molecule has 1 amide bonds. The van der Waals surface area contributed by atoms with E-state index < -0.39 is 0 Å². The van der Waals surface area contributed by atoms with Crippen LogP contribution in [-0.2, 0) is 0 Å². The number of aromatic nitrogens is 1. The molecule has 1 aromatic carbocycles. The summed E-state index contributed by atoms with van der Waals surface area (Å²) in [4.78, 5) is 19.7. The van der Waals surface area contributed by atoms with Gasteiger partial charge in [0.1, 0.15) is 5.75 Å². The SMILES string of the molecule is CCCC(C)NC(=O)c1ccc(OC)c(-c2csc(N3CCCC3)n2)c1. The third-order valence-corrected chi connectivity index (χ3v) is 5.61. The van der Waals surface area contributed by atoms with Gasteiger partial charge >= 0.3 is 0 Å². The first-order valence-corrected chi connectivity index (χ1v) is 10.2. The summed E-state index contributed by atoms with van der Waals surface area (Å²) < 4.78 is 5.51. The molecule has 5 nitrogen and oxygen atoms in total. The number of carbonyl (C=O) groups is 1. The van der Waals surface area contributed by atoms with Crippen molar-refractivity contribution in [3.05, 3.63) is 29.1 Å². The van der Waals surface area contributed by atoms with Gasteiger partial charge in [-0.2, -0.15) is 0 Å². The molecule has 1 aliphatic rings. The number of carbonyl (C=O) groups excluding carboxylic acids is 1.